The molecule has 0 unspecified atom stereocenters. The molecular formula is C28H31N5O. The lowest BCUT2D eigenvalue weighted by molar-refractivity contribution is 0.00901. The van der Waals surface area contributed by atoms with Gasteiger partial charge in [0.05, 0.1) is 18.0 Å². The van der Waals surface area contributed by atoms with Gasteiger partial charge in [-0.05, 0) is 67.4 Å². The first-order chi connectivity index (χ1) is 16.5. The standard InChI is InChI=1S/C28H31N5O/c1-17-10-20(11-21-14-32(2)9-8-23(17)21)25-13-30-28-26(31-25)24(12-29-28)18-4-6-19(7-5-18)27(34)22-15-33(3)16-22/h4-7,10-13,22,27,34H,8-9,14-16H2,1-3H3,(H,29,30)/t27-/m1/s1. The fraction of sp³-hybridized carbons (Fsp3) is 0.357. The van der Waals surface area contributed by atoms with Gasteiger partial charge in [0.2, 0.25) is 0 Å². The van der Waals surface area contributed by atoms with Crippen LogP contribution in [0, 0.1) is 12.8 Å². The Morgan fingerprint density at radius 3 is 2.62 bits per heavy atom. The molecule has 1 atom stereocenters. The number of nitrogens with one attached hydrogen (secondary N) is 1. The van der Waals surface area contributed by atoms with Gasteiger partial charge in [-0.2, -0.15) is 0 Å². The van der Waals surface area contributed by atoms with E-state index in [9.17, 15) is 5.11 Å². The highest BCUT2D eigenvalue weighted by Gasteiger charge is 2.30. The first-order valence-corrected chi connectivity index (χ1v) is 12.1. The van der Waals surface area contributed by atoms with Crippen LogP contribution in [0.4, 0.5) is 0 Å². The van der Waals surface area contributed by atoms with Crippen LogP contribution in [0.15, 0.2) is 48.8 Å². The summed E-state index contributed by atoms with van der Waals surface area (Å²) in [4.78, 5) is 17.6. The molecule has 0 bridgehead atoms. The molecule has 6 nitrogen and oxygen atoms in total. The Kier molecular flexibility index (Phi) is 5.25. The van der Waals surface area contributed by atoms with Crippen LogP contribution >= 0.6 is 0 Å². The van der Waals surface area contributed by atoms with Crippen LogP contribution in [0.3, 0.4) is 0 Å². The van der Waals surface area contributed by atoms with Crippen LogP contribution in [0.2, 0.25) is 0 Å². The van der Waals surface area contributed by atoms with Crippen LogP contribution in [-0.2, 0) is 13.0 Å². The van der Waals surface area contributed by atoms with E-state index in [0.717, 1.165) is 71.7 Å². The number of fused-ring (bicyclic) bond motifs is 2. The molecule has 2 aliphatic heterocycles. The zero-order chi connectivity index (χ0) is 23.4. The minimum atomic E-state index is -0.411. The van der Waals surface area contributed by atoms with Crippen molar-refractivity contribution in [3.63, 3.8) is 0 Å². The van der Waals surface area contributed by atoms with E-state index in [2.05, 4.69) is 65.1 Å². The van der Waals surface area contributed by atoms with E-state index in [1.165, 1.54) is 16.7 Å². The maximum Gasteiger partial charge on any atom is 0.156 e. The molecule has 4 aromatic rings. The van der Waals surface area contributed by atoms with Gasteiger partial charge in [-0.1, -0.05) is 24.3 Å². The highest BCUT2D eigenvalue weighted by molar-refractivity contribution is 5.91. The fourth-order valence-electron chi connectivity index (χ4n) is 5.54. The number of hydrogen-bond acceptors (Lipinski definition) is 5. The number of aryl methyl sites for hydroxylation is 1. The molecule has 2 N–H and O–H groups in total. The van der Waals surface area contributed by atoms with Crippen molar-refractivity contribution in [3.05, 3.63) is 71.0 Å². The van der Waals surface area contributed by atoms with Crippen molar-refractivity contribution in [3.8, 4) is 22.4 Å². The molecule has 1 fully saturated rings. The summed E-state index contributed by atoms with van der Waals surface area (Å²) in [7, 11) is 4.26. The summed E-state index contributed by atoms with van der Waals surface area (Å²) in [6.07, 6.45) is 4.54. The Morgan fingerprint density at radius 1 is 1.06 bits per heavy atom. The number of likely N-dealkylation sites (tertiary alicyclic amines) is 1. The largest absolute Gasteiger partial charge is 0.388 e. The number of aromatic amines is 1. The monoisotopic (exact) mass is 453 g/mol. The molecule has 0 saturated carbocycles. The van der Waals surface area contributed by atoms with E-state index in [1.54, 1.807) is 0 Å². The van der Waals surface area contributed by atoms with E-state index >= 15 is 0 Å². The van der Waals surface area contributed by atoms with Crippen LogP contribution in [0.1, 0.15) is 28.4 Å². The van der Waals surface area contributed by atoms with Gasteiger partial charge in [0.25, 0.3) is 0 Å². The second-order valence-corrected chi connectivity index (χ2v) is 10.1. The summed E-state index contributed by atoms with van der Waals surface area (Å²) in [6.45, 7) is 6.19. The van der Waals surface area contributed by atoms with Gasteiger partial charge in [-0.25, -0.2) is 9.97 Å². The molecule has 2 aromatic heterocycles. The Bertz CT molecular complexity index is 1350. The van der Waals surface area contributed by atoms with Crippen LogP contribution in [-0.4, -0.2) is 63.6 Å². The smallest absolute Gasteiger partial charge is 0.156 e. The SMILES string of the molecule is Cc1cc(-c2cnc3[nH]cc(-c4ccc([C@@H](O)C5CN(C)C5)cc4)c3n2)cc2c1CCN(C)C2. The Morgan fingerprint density at radius 2 is 1.85 bits per heavy atom. The summed E-state index contributed by atoms with van der Waals surface area (Å²) >= 11 is 0. The molecule has 6 rings (SSSR count). The van der Waals surface area contributed by atoms with Crippen molar-refractivity contribution in [1.82, 2.24) is 24.8 Å². The number of likely N-dealkylation sites (N-methyl/N-ethyl adjacent to an activating group) is 1. The van der Waals surface area contributed by atoms with Crippen LogP contribution < -0.4 is 0 Å². The number of benzene rings is 2. The van der Waals surface area contributed by atoms with Crippen LogP contribution in [0.5, 0.6) is 0 Å². The van der Waals surface area contributed by atoms with Gasteiger partial charge in [0.15, 0.2) is 5.65 Å². The van der Waals surface area contributed by atoms with Crippen molar-refractivity contribution >= 4 is 11.2 Å². The fourth-order valence-corrected chi connectivity index (χ4v) is 5.54. The van der Waals surface area contributed by atoms with E-state index in [-0.39, 0.29) is 0 Å². The number of nitrogens with zero attached hydrogens (tertiary/aromatic N) is 4. The van der Waals surface area contributed by atoms with Gasteiger partial charge in [0, 0.05) is 49.4 Å². The number of rotatable bonds is 4. The number of aromatic nitrogens is 3. The van der Waals surface area contributed by atoms with Crippen molar-refractivity contribution in [1.29, 1.82) is 0 Å². The molecule has 34 heavy (non-hydrogen) atoms. The van der Waals surface area contributed by atoms with Crippen molar-refractivity contribution in [2.75, 3.05) is 33.7 Å². The lowest BCUT2D eigenvalue weighted by Crippen LogP contribution is -2.46. The quantitative estimate of drug-likeness (QED) is 0.485. The molecule has 0 aliphatic carbocycles. The number of hydrogen-bond donors (Lipinski definition) is 2. The summed E-state index contributed by atoms with van der Waals surface area (Å²) < 4.78 is 0. The third kappa shape index (κ3) is 3.72. The molecule has 4 heterocycles. The second-order valence-electron chi connectivity index (χ2n) is 10.1. The molecule has 6 heteroatoms. The predicted molar refractivity (Wildman–Crippen MR) is 135 cm³/mol. The summed E-state index contributed by atoms with van der Waals surface area (Å²) in [6, 6.07) is 12.8. The Labute approximate surface area is 200 Å². The minimum absolute atomic E-state index is 0.317. The molecule has 174 valence electrons. The molecule has 1 saturated heterocycles. The molecule has 0 spiro atoms. The Balaban J connectivity index is 1.33. The summed E-state index contributed by atoms with van der Waals surface area (Å²) in [5.41, 5.74) is 11.0. The molecule has 2 aromatic carbocycles. The van der Waals surface area contributed by atoms with E-state index in [0.29, 0.717) is 5.92 Å². The first kappa shape index (κ1) is 21.5. The zero-order valence-electron chi connectivity index (χ0n) is 20.0. The zero-order valence-corrected chi connectivity index (χ0v) is 20.0. The van der Waals surface area contributed by atoms with Gasteiger partial charge < -0.3 is 19.9 Å². The average molecular weight is 454 g/mol. The van der Waals surface area contributed by atoms with Gasteiger partial charge in [0.1, 0.15) is 5.52 Å². The maximum atomic E-state index is 10.7. The van der Waals surface area contributed by atoms with Gasteiger partial charge >= 0.3 is 0 Å². The van der Waals surface area contributed by atoms with E-state index in [4.69, 9.17) is 4.98 Å². The minimum Gasteiger partial charge on any atom is -0.388 e. The summed E-state index contributed by atoms with van der Waals surface area (Å²) in [5, 5.41) is 10.7. The number of H-pyrrole nitrogens is 1. The highest BCUT2D eigenvalue weighted by Crippen LogP contribution is 2.33. The van der Waals surface area contributed by atoms with Crippen LogP contribution in [0.25, 0.3) is 33.5 Å². The molecular weight excluding hydrogens is 422 g/mol. The van der Waals surface area contributed by atoms with E-state index in [1.807, 2.05) is 24.5 Å². The molecule has 0 amide bonds. The highest BCUT2D eigenvalue weighted by atomic mass is 16.3. The lowest BCUT2D eigenvalue weighted by Gasteiger charge is -2.39. The van der Waals surface area contributed by atoms with Gasteiger partial charge in [-0.3, -0.25) is 0 Å². The lowest BCUT2D eigenvalue weighted by atomic mass is 9.89. The first-order valence-electron chi connectivity index (χ1n) is 12.1. The Hall–Kier alpha value is -3.06. The number of aliphatic hydroxyl groups is 1. The second kappa shape index (κ2) is 8.31. The van der Waals surface area contributed by atoms with Crippen molar-refractivity contribution < 1.29 is 5.11 Å². The normalized spacial score (nSPS) is 18.1. The third-order valence-electron chi connectivity index (χ3n) is 7.53. The van der Waals surface area contributed by atoms with Crippen molar-refractivity contribution in [2.45, 2.75) is 26.0 Å². The third-order valence-corrected chi connectivity index (χ3v) is 7.53. The molecule has 0 radical (unpaired) electrons. The van der Waals surface area contributed by atoms with E-state index < -0.39 is 6.10 Å². The van der Waals surface area contributed by atoms with Gasteiger partial charge in [-0.15, -0.1) is 0 Å². The van der Waals surface area contributed by atoms with Crippen molar-refractivity contribution in [2.24, 2.45) is 5.92 Å². The number of aliphatic hydroxyl groups excluding tert-OH is 1. The molecule has 2 aliphatic rings. The topological polar surface area (TPSA) is 68.3 Å². The predicted octanol–water partition coefficient (Wildman–Crippen LogP) is 4.18. The summed E-state index contributed by atoms with van der Waals surface area (Å²) in [5.74, 6) is 0.317. The average Bonchev–Trinajstić information content (AvgIpc) is 3.24. The maximum absolute atomic E-state index is 10.7.